The molecule has 1 aromatic carbocycles. The zero-order valence-corrected chi connectivity index (χ0v) is 24.2. The molecule has 206 valence electrons. The van der Waals surface area contributed by atoms with Crippen LogP contribution in [0.15, 0.2) is 35.5 Å². The number of carbonyl (C=O) groups is 2. The summed E-state index contributed by atoms with van der Waals surface area (Å²) in [5, 5.41) is 0.840. The van der Waals surface area contributed by atoms with E-state index >= 15 is 0 Å². The molecule has 2 aliphatic rings. The molecule has 2 aromatic rings. The highest BCUT2D eigenvalue weighted by atomic mass is 35.5. The maximum atomic E-state index is 12.9. The minimum atomic E-state index is 0.0698. The first-order valence-corrected chi connectivity index (χ1v) is 14.5. The zero-order valence-electron chi connectivity index (χ0n) is 22.6. The molecular formula is C27H37ClN6O3S. The van der Waals surface area contributed by atoms with E-state index in [2.05, 4.69) is 35.6 Å². The van der Waals surface area contributed by atoms with E-state index in [1.807, 2.05) is 34.1 Å². The number of hydrogen-bond donors (Lipinski definition) is 0. The van der Waals surface area contributed by atoms with Crippen LogP contribution in [0.1, 0.15) is 27.2 Å². The third kappa shape index (κ3) is 7.22. The van der Waals surface area contributed by atoms with Crippen molar-refractivity contribution in [2.24, 2.45) is 5.92 Å². The lowest BCUT2D eigenvalue weighted by Crippen LogP contribution is -2.54. The van der Waals surface area contributed by atoms with Crippen molar-refractivity contribution in [1.29, 1.82) is 0 Å². The van der Waals surface area contributed by atoms with Gasteiger partial charge >= 0.3 is 0 Å². The molecule has 0 radical (unpaired) electrons. The van der Waals surface area contributed by atoms with Gasteiger partial charge in [-0.3, -0.25) is 9.59 Å². The smallest absolute Gasteiger partial charge is 0.233 e. The number of rotatable bonds is 8. The van der Waals surface area contributed by atoms with E-state index in [-0.39, 0.29) is 23.6 Å². The number of methoxy groups -OCH3 is 1. The van der Waals surface area contributed by atoms with Crippen LogP contribution in [0.2, 0.25) is 5.15 Å². The molecule has 1 aromatic heterocycles. The molecule has 0 N–H and O–H groups in total. The summed E-state index contributed by atoms with van der Waals surface area (Å²) in [6, 6.07) is 9.84. The SMILES string of the molecule is COc1ccc(N2CCN(C(=O)CSc3nc(Cl)cc(N4CCN(C(=O)CC(C)C)C(C)C4)n3)CC2)cc1. The van der Waals surface area contributed by atoms with Crippen LogP contribution in [0.3, 0.4) is 0 Å². The Morgan fingerprint density at radius 1 is 1.03 bits per heavy atom. The van der Waals surface area contributed by atoms with Crippen molar-refractivity contribution < 1.29 is 14.3 Å². The molecule has 1 unspecified atom stereocenters. The Morgan fingerprint density at radius 3 is 2.34 bits per heavy atom. The minimum Gasteiger partial charge on any atom is -0.497 e. The fourth-order valence-electron chi connectivity index (χ4n) is 4.84. The zero-order chi connectivity index (χ0) is 27.2. The summed E-state index contributed by atoms with van der Waals surface area (Å²) in [5.74, 6) is 2.44. The van der Waals surface area contributed by atoms with Crippen LogP contribution >= 0.6 is 23.4 Å². The molecule has 11 heteroatoms. The Bertz CT molecular complexity index is 1110. The number of nitrogens with zero attached hydrogens (tertiary/aromatic N) is 6. The Hall–Kier alpha value is -2.72. The largest absolute Gasteiger partial charge is 0.497 e. The van der Waals surface area contributed by atoms with Gasteiger partial charge in [0.15, 0.2) is 5.16 Å². The highest BCUT2D eigenvalue weighted by Crippen LogP contribution is 2.25. The molecule has 38 heavy (non-hydrogen) atoms. The van der Waals surface area contributed by atoms with E-state index < -0.39 is 0 Å². The normalized spacial score (nSPS) is 18.2. The van der Waals surface area contributed by atoms with E-state index in [1.165, 1.54) is 11.8 Å². The average Bonchev–Trinajstić information content (AvgIpc) is 2.91. The van der Waals surface area contributed by atoms with E-state index in [0.717, 1.165) is 30.3 Å². The van der Waals surface area contributed by atoms with Gasteiger partial charge in [-0.15, -0.1) is 0 Å². The molecule has 2 fully saturated rings. The van der Waals surface area contributed by atoms with Gasteiger partial charge in [0.2, 0.25) is 11.8 Å². The summed E-state index contributed by atoms with van der Waals surface area (Å²) >= 11 is 7.65. The average molecular weight is 561 g/mol. The molecular weight excluding hydrogens is 524 g/mol. The Morgan fingerprint density at radius 2 is 1.71 bits per heavy atom. The summed E-state index contributed by atoms with van der Waals surface area (Å²) in [5.41, 5.74) is 1.13. The van der Waals surface area contributed by atoms with Crippen molar-refractivity contribution in [2.45, 2.75) is 38.4 Å². The molecule has 0 saturated carbocycles. The van der Waals surface area contributed by atoms with Gasteiger partial charge in [-0.25, -0.2) is 9.97 Å². The van der Waals surface area contributed by atoms with Crippen LogP contribution < -0.4 is 14.5 Å². The number of anilines is 2. The van der Waals surface area contributed by atoms with Gasteiger partial charge in [0.1, 0.15) is 16.7 Å². The predicted molar refractivity (Wildman–Crippen MR) is 152 cm³/mol. The van der Waals surface area contributed by atoms with Gasteiger partial charge in [-0.05, 0) is 37.1 Å². The molecule has 2 saturated heterocycles. The molecule has 2 amide bonds. The number of carbonyl (C=O) groups excluding carboxylic acids is 2. The van der Waals surface area contributed by atoms with Crippen molar-refractivity contribution >= 4 is 46.7 Å². The van der Waals surface area contributed by atoms with E-state index in [4.69, 9.17) is 21.3 Å². The van der Waals surface area contributed by atoms with E-state index in [1.54, 1.807) is 13.2 Å². The first-order valence-electron chi connectivity index (χ1n) is 13.1. The highest BCUT2D eigenvalue weighted by molar-refractivity contribution is 7.99. The lowest BCUT2D eigenvalue weighted by atomic mass is 10.1. The summed E-state index contributed by atoms with van der Waals surface area (Å²) in [7, 11) is 1.66. The molecule has 0 spiro atoms. The van der Waals surface area contributed by atoms with Crippen molar-refractivity contribution in [3.05, 3.63) is 35.5 Å². The Kier molecular flexibility index (Phi) is 9.59. The number of benzene rings is 1. The fourth-order valence-corrected chi connectivity index (χ4v) is 5.82. The second-order valence-corrected chi connectivity index (χ2v) is 11.5. The number of hydrogen-bond acceptors (Lipinski definition) is 8. The van der Waals surface area contributed by atoms with Crippen LogP contribution in [0.4, 0.5) is 11.5 Å². The topological polar surface area (TPSA) is 82.1 Å². The molecule has 2 aliphatic heterocycles. The third-order valence-corrected chi connectivity index (χ3v) is 7.94. The molecule has 0 aliphatic carbocycles. The minimum absolute atomic E-state index is 0.0698. The molecule has 3 heterocycles. The van der Waals surface area contributed by atoms with Gasteiger partial charge in [0.25, 0.3) is 0 Å². The third-order valence-electron chi connectivity index (χ3n) is 6.91. The summed E-state index contributed by atoms with van der Waals surface area (Å²) in [4.78, 5) is 42.8. The first-order chi connectivity index (χ1) is 18.2. The number of ether oxygens (including phenoxy) is 1. The van der Waals surface area contributed by atoms with Crippen molar-refractivity contribution in [1.82, 2.24) is 19.8 Å². The summed E-state index contributed by atoms with van der Waals surface area (Å²) in [6.45, 7) is 11.1. The van der Waals surface area contributed by atoms with E-state index in [0.29, 0.717) is 55.4 Å². The number of piperazine rings is 2. The second-order valence-electron chi connectivity index (χ2n) is 10.2. The lowest BCUT2D eigenvalue weighted by molar-refractivity contribution is -0.134. The molecule has 0 bridgehead atoms. The van der Waals surface area contributed by atoms with Gasteiger partial charge in [-0.1, -0.05) is 37.2 Å². The van der Waals surface area contributed by atoms with E-state index in [9.17, 15) is 9.59 Å². The van der Waals surface area contributed by atoms with Gasteiger partial charge < -0.3 is 24.3 Å². The number of halogens is 1. The van der Waals surface area contributed by atoms with Crippen molar-refractivity contribution in [3.63, 3.8) is 0 Å². The van der Waals surface area contributed by atoms with Crippen LogP contribution in [0, 0.1) is 5.92 Å². The van der Waals surface area contributed by atoms with Crippen LogP contribution in [-0.4, -0.2) is 96.3 Å². The first kappa shape index (κ1) is 28.3. The summed E-state index contributed by atoms with van der Waals surface area (Å²) < 4.78 is 5.24. The Balaban J connectivity index is 1.29. The quantitative estimate of drug-likeness (QED) is 0.275. The number of thioether (sulfide) groups is 1. The van der Waals surface area contributed by atoms with Crippen LogP contribution in [-0.2, 0) is 9.59 Å². The monoisotopic (exact) mass is 560 g/mol. The predicted octanol–water partition coefficient (Wildman–Crippen LogP) is 3.66. The standard InChI is InChI=1S/C27H37ClN6O3S/c1-19(2)15-25(35)34-14-13-33(17-20(34)3)24-16-23(28)29-27(30-24)38-18-26(36)32-11-9-31(10-12-32)21-5-7-22(37-4)8-6-21/h5-8,16,19-20H,9-15,17-18H2,1-4H3. The Labute approximate surface area is 234 Å². The fraction of sp³-hybridized carbons (Fsp3) is 0.556. The van der Waals surface area contributed by atoms with Crippen molar-refractivity contribution in [2.75, 3.05) is 68.5 Å². The highest BCUT2D eigenvalue weighted by Gasteiger charge is 2.29. The van der Waals surface area contributed by atoms with Crippen LogP contribution in [0.5, 0.6) is 5.75 Å². The van der Waals surface area contributed by atoms with Gasteiger partial charge in [0.05, 0.1) is 12.9 Å². The molecule has 1 atom stereocenters. The lowest BCUT2D eigenvalue weighted by Gasteiger charge is -2.40. The molecule has 4 rings (SSSR count). The maximum absolute atomic E-state index is 12.9. The number of aromatic nitrogens is 2. The maximum Gasteiger partial charge on any atom is 0.233 e. The van der Waals surface area contributed by atoms with Crippen molar-refractivity contribution in [3.8, 4) is 5.75 Å². The van der Waals surface area contributed by atoms with Crippen LogP contribution in [0.25, 0.3) is 0 Å². The second kappa shape index (κ2) is 12.9. The number of amides is 2. The van der Waals surface area contributed by atoms with Gasteiger partial charge in [-0.2, -0.15) is 0 Å². The summed E-state index contributed by atoms with van der Waals surface area (Å²) in [6.07, 6.45) is 0.565. The molecule has 9 nitrogen and oxygen atoms in total. The van der Waals surface area contributed by atoms with Gasteiger partial charge in [0, 0.05) is 70.0 Å².